The summed E-state index contributed by atoms with van der Waals surface area (Å²) in [5.41, 5.74) is 1.79. The number of amides is 1. The van der Waals surface area contributed by atoms with Crippen LogP contribution >= 0.6 is 15.9 Å². The molecule has 0 radical (unpaired) electrons. The van der Waals surface area contributed by atoms with E-state index in [-0.39, 0.29) is 5.78 Å². The molecule has 0 atom stereocenters. The highest BCUT2D eigenvalue weighted by atomic mass is 79.9. The van der Waals surface area contributed by atoms with Gasteiger partial charge in [-0.3, -0.25) is 9.59 Å². The molecule has 5 nitrogen and oxygen atoms in total. The van der Waals surface area contributed by atoms with Crippen molar-refractivity contribution in [2.75, 3.05) is 11.9 Å². The summed E-state index contributed by atoms with van der Waals surface area (Å²) in [6.45, 7) is 1.03. The van der Waals surface area contributed by atoms with Crippen LogP contribution in [0.1, 0.15) is 22.8 Å². The van der Waals surface area contributed by atoms with Gasteiger partial charge >= 0.3 is 5.97 Å². The van der Waals surface area contributed by atoms with Gasteiger partial charge in [0, 0.05) is 21.8 Å². The summed E-state index contributed by atoms with van der Waals surface area (Å²) in [4.78, 5) is 34.8. The fourth-order valence-corrected chi connectivity index (χ4v) is 2.39. The van der Waals surface area contributed by atoms with E-state index in [0.717, 1.165) is 10.0 Å². The predicted molar refractivity (Wildman–Crippen MR) is 99.2 cm³/mol. The summed E-state index contributed by atoms with van der Waals surface area (Å²) in [5, 5.41) is 2.58. The van der Waals surface area contributed by atoms with Crippen molar-refractivity contribution >= 4 is 45.4 Å². The zero-order chi connectivity index (χ0) is 18.2. The minimum absolute atomic E-state index is 0.0970. The first kappa shape index (κ1) is 18.6. The number of hydrogen-bond donors (Lipinski definition) is 1. The molecular formula is C19H16BrNO4. The molecule has 0 fully saturated rings. The van der Waals surface area contributed by atoms with E-state index >= 15 is 0 Å². The number of ether oxygens (including phenoxy) is 1. The lowest BCUT2D eigenvalue weighted by atomic mass is 10.1. The van der Waals surface area contributed by atoms with Crippen LogP contribution in [0.2, 0.25) is 0 Å². The number of carbonyl (C=O) groups is 3. The van der Waals surface area contributed by atoms with Crippen LogP contribution in [0.4, 0.5) is 5.69 Å². The van der Waals surface area contributed by atoms with Crippen molar-refractivity contribution < 1.29 is 19.1 Å². The van der Waals surface area contributed by atoms with Crippen LogP contribution in [0, 0.1) is 0 Å². The molecule has 25 heavy (non-hydrogen) atoms. The van der Waals surface area contributed by atoms with Gasteiger partial charge in [-0.2, -0.15) is 0 Å². The Morgan fingerprint density at radius 2 is 1.88 bits per heavy atom. The van der Waals surface area contributed by atoms with Crippen LogP contribution in [0.5, 0.6) is 0 Å². The zero-order valence-corrected chi connectivity index (χ0v) is 15.1. The van der Waals surface area contributed by atoms with Gasteiger partial charge in [0.15, 0.2) is 12.4 Å². The number of anilines is 1. The van der Waals surface area contributed by atoms with Crippen molar-refractivity contribution in [3.63, 3.8) is 0 Å². The van der Waals surface area contributed by atoms with E-state index in [9.17, 15) is 14.4 Å². The van der Waals surface area contributed by atoms with E-state index in [1.165, 1.54) is 13.0 Å². The molecule has 0 aliphatic rings. The summed E-state index contributed by atoms with van der Waals surface area (Å²) in [6.07, 6.45) is 2.85. The first-order valence-electron chi connectivity index (χ1n) is 7.45. The predicted octanol–water partition coefficient (Wildman–Crippen LogP) is 3.85. The summed E-state index contributed by atoms with van der Waals surface area (Å²) >= 11 is 3.34. The van der Waals surface area contributed by atoms with Gasteiger partial charge in [-0.15, -0.1) is 0 Å². The second-order valence-electron chi connectivity index (χ2n) is 5.18. The number of halogens is 1. The Morgan fingerprint density at radius 1 is 1.12 bits per heavy atom. The third-order valence-electron chi connectivity index (χ3n) is 3.16. The minimum atomic E-state index is -0.618. The molecular weight excluding hydrogens is 386 g/mol. The average Bonchev–Trinajstić information content (AvgIpc) is 2.58. The molecule has 0 aliphatic carbocycles. The van der Waals surface area contributed by atoms with E-state index in [2.05, 4.69) is 21.2 Å². The summed E-state index contributed by atoms with van der Waals surface area (Å²) in [5.74, 6) is -1.20. The van der Waals surface area contributed by atoms with Crippen LogP contribution in [0.3, 0.4) is 0 Å². The Kier molecular flexibility index (Phi) is 6.65. The van der Waals surface area contributed by atoms with Gasteiger partial charge in [-0.05, 0) is 42.8 Å². The smallest absolute Gasteiger partial charge is 0.331 e. The molecule has 2 aromatic carbocycles. The largest absolute Gasteiger partial charge is 0.452 e. The van der Waals surface area contributed by atoms with E-state index in [1.54, 1.807) is 30.3 Å². The molecule has 0 unspecified atom stereocenters. The Labute approximate surface area is 153 Å². The standard InChI is InChI=1S/C19H16BrNO4/c1-13(22)15-5-3-7-17(11-15)21-18(23)12-25-19(24)9-8-14-4-2-6-16(20)10-14/h2-11H,12H2,1H3,(H,21,23). The number of Topliss-reactive ketones (excluding diaryl/α,β-unsaturated/α-hetero) is 1. The van der Waals surface area contributed by atoms with E-state index in [4.69, 9.17) is 4.74 Å². The molecule has 2 aromatic rings. The lowest BCUT2D eigenvalue weighted by Gasteiger charge is -2.06. The summed E-state index contributed by atoms with van der Waals surface area (Å²) < 4.78 is 5.79. The van der Waals surface area contributed by atoms with Crippen LogP contribution in [0.25, 0.3) is 6.08 Å². The van der Waals surface area contributed by atoms with Gasteiger partial charge in [-0.25, -0.2) is 4.79 Å². The highest BCUT2D eigenvalue weighted by molar-refractivity contribution is 9.10. The van der Waals surface area contributed by atoms with Gasteiger partial charge in [-0.1, -0.05) is 40.2 Å². The minimum Gasteiger partial charge on any atom is -0.452 e. The Morgan fingerprint density at radius 3 is 2.60 bits per heavy atom. The third-order valence-corrected chi connectivity index (χ3v) is 3.65. The molecule has 2 rings (SSSR count). The lowest BCUT2D eigenvalue weighted by molar-refractivity contribution is -0.142. The number of rotatable bonds is 6. The number of benzene rings is 2. The SMILES string of the molecule is CC(=O)c1cccc(NC(=O)COC(=O)C=Cc2cccc(Br)c2)c1. The monoisotopic (exact) mass is 401 g/mol. The number of ketones is 1. The third kappa shape index (κ3) is 6.35. The van der Waals surface area contributed by atoms with Gasteiger partial charge in [0.25, 0.3) is 5.91 Å². The lowest BCUT2D eigenvalue weighted by Crippen LogP contribution is -2.20. The molecule has 0 spiro atoms. The number of hydrogen-bond acceptors (Lipinski definition) is 4. The fraction of sp³-hybridized carbons (Fsp3) is 0.105. The summed E-state index contributed by atoms with van der Waals surface area (Å²) in [7, 11) is 0. The van der Waals surface area contributed by atoms with Crippen LogP contribution in [-0.2, 0) is 14.3 Å². The normalized spacial score (nSPS) is 10.5. The van der Waals surface area contributed by atoms with E-state index < -0.39 is 18.5 Å². The van der Waals surface area contributed by atoms with Crippen LogP contribution in [-0.4, -0.2) is 24.3 Å². The second kappa shape index (κ2) is 8.94. The van der Waals surface area contributed by atoms with Crippen molar-refractivity contribution in [3.8, 4) is 0 Å². The molecule has 0 saturated carbocycles. The van der Waals surface area contributed by atoms with Crippen LogP contribution < -0.4 is 5.32 Å². The highest BCUT2D eigenvalue weighted by Crippen LogP contribution is 2.13. The second-order valence-corrected chi connectivity index (χ2v) is 6.10. The molecule has 0 bridgehead atoms. The molecule has 0 aliphatic heterocycles. The quantitative estimate of drug-likeness (QED) is 0.453. The molecule has 0 saturated heterocycles. The molecule has 1 N–H and O–H groups in total. The molecule has 1 amide bonds. The van der Waals surface area contributed by atoms with Crippen molar-refractivity contribution in [1.82, 2.24) is 0 Å². The van der Waals surface area contributed by atoms with E-state index in [1.807, 2.05) is 24.3 Å². The maximum Gasteiger partial charge on any atom is 0.331 e. The highest BCUT2D eigenvalue weighted by Gasteiger charge is 2.07. The number of nitrogens with one attached hydrogen (secondary N) is 1. The maximum atomic E-state index is 11.8. The molecule has 0 heterocycles. The molecule has 128 valence electrons. The molecule has 6 heteroatoms. The van der Waals surface area contributed by atoms with Crippen molar-refractivity contribution in [2.24, 2.45) is 0 Å². The Bertz CT molecular complexity index is 830. The topological polar surface area (TPSA) is 72.5 Å². The fourth-order valence-electron chi connectivity index (χ4n) is 1.97. The Hall–Kier alpha value is -2.73. The van der Waals surface area contributed by atoms with Gasteiger partial charge in [0.2, 0.25) is 0 Å². The van der Waals surface area contributed by atoms with Gasteiger partial charge in [0.1, 0.15) is 0 Å². The van der Waals surface area contributed by atoms with Gasteiger partial charge in [0.05, 0.1) is 0 Å². The van der Waals surface area contributed by atoms with Crippen molar-refractivity contribution in [2.45, 2.75) is 6.92 Å². The zero-order valence-electron chi connectivity index (χ0n) is 13.5. The molecule has 0 aromatic heterocycles. The number of carbonyl (C=O) groups excluding carboxylic acids is 3. The van der Waals surface area contributed by atoms with E-state index in [0.29, 0.717) is 11.3 Å². The van der Waals surface area contributed by atoms with Gasteiger partial charge < -0.3 is 10.1 Å². The van der Waals surface area contributed by atoms with Crippen LogP contribution in [0.15, 0.2) is 59.1 Å². The van der Waals surface area contributed by atoms with Crippen molar-refractivity contribution in [1.29, 1.82) is 0 Å². The first-order valence-corrected chi connectivity index (χ1v) is 8.24. The average molecular weight is 402 g/mol. The van der Waals surface area contributed by atoms with Crippen molar-refractivity contribution in [3.05, 3.63) is 70.2 Å². The Balaban J connectivity index is 1.84. The first-order chi connectivity index (χ1) is 11.9. The maximum absolute atomic E-state index is 11.8. The number of esters is 1. The summed E-state index contributed by atoms with van der Waals surface area (Å²) in [6, 6.07) is 13.9.